The average Bonchev–Trinajstić information content (AvgIpc) is 2.13. The van der Waals surface area contributed by atoms with Gasteiger partial charge in [0.15, 0.2) is 0 Å². The highest BCUT2D eigenvalue weighted by atomic mass is 35.5. The maximum absolute atomic E-state index is 11.5. The van der Waals surface area contributed by atoms with Gasteiger partial charge < -0.3 is 0 Å². The molecule has 0 aliphatic heterocycles. The third kappa shape index (κ3) is 2.03. The lowest BCUT2D eigenvalue weighted by Crippen LogP contribution is -2.25. The Bertz CT molecular complexity index is 362. The van der Waals surface area contributed by atoms with Gasteiger partial charge in [-0.25, -0.2) is 4.68 Å². The van der Waals surface area contributed by atoms with E-state index >= 15 is 0 Å². The van der Waals surface area contributed by atoms with Crippen LogP contribution in [0, 0.1) is 0 Å². The summed E-state index contributed by atoms with van der Waals surface area (Å²) in [6.45, 7) is 3.87. The normalized spacial score (nSPS) is 12.9. The molecule has 1 unspecified atom stereocenters. The second-order valence-electron chi connectivity index (χ2n) is 2.81. The predicted octanol–water partition coefficient (Wildman–Crippen LogP) is 2.52. The zero-order valence-electron chi connectivity index (χ0n) is 7.42. The fourth-order valence-corrected chi connectivity index (χ4v) is 1.17. The molecule has 0 saturated carbocycles. The van der Waals surface area contributed by atoms with E-state index in [-0.39, 0.29) is 21.6 Å². The minimum atomic E-state index is -0.330. The molecule has 0 radical (unpaired) electrons. The Morgan fingerprint density at radius 1 is 1.62 bits per heavy atom. The molecule has 0 bridgehead atoms. The molecule has 1 aromatic heterocycles. The predicted molar refractivity (Wildman–Crippen MR) is 53.5 cm³/mol. The maximum atomic E-state index is 11.5. The van der Waals surface area contributed by atoms with Crippen molar-refractivity contribution in [3.8, 4) is 0 Å². The van der Waals surface area contributed by atoms with Crippen molar-refractivity contribution in [2.24, 2.45) is 0 Å². The Hall–Kier alpha value is -0.540. The van der Waals surface area contributed by atoms with Gasteiger partial charge in [0.2, 0.25) is 0 Å². The van der Waals surface area contributed by atoms with E-state index in [9.17, 15) is 4.79 Å². The van der Waals surface area contributed by atoms with Gasteiger partial charge in [0.05, 0.1) is 17.3 Å². The van der Waals surface area contributed by atoms with Crippen molar-refractivity contribution in [2.75, 3.05) is 0 Å². The van der Waals surface area contributed by atoms with Gasteiger partial charge >= 0.3 is 0 Å². The molecule has 0 aliphatic carbocycles. The van der Waals surface area contributed by atoms with Crippen LogP contribution in [0.2, 0.25) is 10.0 Å². The van der Waals surface area contributed by atoms with E-state index < -0.39 is 0 Å². The highest BCUT2D eigenvalue weighted by Gasteiger charge is 2.10. The lowest BCUT2D eigenvalue weighted by atomic mass is 10.3. The quantitative estimate of drug-likeness (QED) is 0.768. The number of hydrogen-bond acceptors (Lipinski definition) is 2. The molecule has 0 aromatic carbocycles. The van der Waals surface area contributed by atoms with E-state index in [1.165, 1.54) is 10.9 Å². The summed E-state index contributed by atoms with van der Waals surface area (Å²) in [7, 11) is 0. The maximum Gasteiger partial charge on any atom is 0.287 e. The first-order valence-electron chi connectivity index (χ1n) is 4.00. The molecular weight excluding hydrogens is 211 g/mol. The second kappa shape index (κ2) is 4.11. The van der Waals surface area contributed by atoms with Crippen LogP contribution >= 0.6 is 23.2 Å². The molecule has 0 N–H and O–H groups in total. The molecular formula is C8H10Cl2N2O. The van der Waals surface area contributed by atoms with E-state index in [2.05, 4.69) is 5.10 Å². The molecule has 0 amide bonds. The van der Waals surface area contributed by atoms with Crippen molar-refractivity contribution in [1.82, 2.24) is 9.78 Å². The van der Waals surface area contributed by atoms with E-state index in [1.54, 1.807) is 0 Å². The molecule has 0 fully saturated rings. The van der Waals surface area contributed by atoms with Crippen LogP contribution in [0.15, 0.2) is 11.0 Å². The molecule has 0 aliphatic rings. The van der Waals surface area contributed by atoms with E-state index in [0.717, 1.165) is 6.42 Å². The standard InChI is InChI=1S/C8H10Cl2N2O/c1-3-5(2)12-8(13)7(10)6(9)4-11-12/h4-5H,3H2,1-2H3. The van der Waals surface area contributed by atoms with Crippen LogP contribution in [0.1, 0.15) is 26.3 Å². The fourth-order valence-electron chi connectivity index (χ4n) is 0.912. The Labute approximate surface area is 86.3 Å². The monoisotopic (exact) mass is 220 g/mol. The van der Waals surface area contributed by atoms with Gasteiger partial charge in [0.1, 0.15) is 5.02 Å². The minimum Gasteiger partial charge on any atom is -0.266 e. The van der Waals surface area contributed by atoms with Crippen molar-refractivity contribution in [3.63, 3.8) is 0 Å². The smallest absolute Gasteiger partial charge is 0.266 e. The summed E-state index contributed by atoms with van der Waals surface area (Å²) in [5, 5.41) is 4.14. The van der Waals surface area contributed by atoms with Crippen LogP contribution < -0.4 is 5.56 Å². The molecule has 3 nitrogen and oxygen atoms in total. The molecule has 1 heterocycles. The molecule has 1 aromatic rings. The lowest BCUT2D eigenvalue weighted by Gasteiger charge is -2.11. The zero-order valence-corrected chi connectivity index (χ0v) is 8.93. The van der Waals surface area contributed by atoms with Crippen LogP contribution in [0.3, 0.4) is 0 Å². The molecule has 1 atom stereocenters. The van der Waals surface area contributed by atoms with Crippen molar-refractivity contribution in [1.29, 1.82) is 0 Å². The summed E-state index contributed by atoms with van der Waals surface area (Å²) in [5.41, 5.74) is -0.330. The Balaban J connectivity index is 3.26. The summed E-state index contributed by atoms with van der Waals surface area (Å²) in [6.07, 6.45) is 2.21. The van der Waals surface area contributed by atoms with E-state index in [0.29, 0.717) is 0 Å². The van der Waals surface area contributed by atoms with Gasteiger partial charge in [-0.3, -0.25) is 4.79 Å². The van der Waals surface area contributed by atoms with Crippen LogP contribution in [0.5, 0.6) is 0 Å². The molecule has 72 valence electrons. The molecule has 1 rings (SSSR count). The first-order chi connectivity index (χ1) is 6.07. The van der Waals surface area contributed by atoms with Gasteiger partial charge in [-0.15, -0.1) is 0 Å². The highest BCUT2D eigenvalue weighted by molar-refractivity contribution is 6.41. The topological polar surface area (TPSA) is 34.9 Å². The molecule has 0 saturated heterocycles. The minimum absolute atomic E-state index is 0.0389. The number of hydrogen-bond donors (Lipinski definition) is 0. The largest absolute Gasteiger partial charge is 0.287 e. The third-order valence-corrected chi connectivity index (χ3v) is 2.66. The van der Waals surface area contributed by atoms with Gasteiger partial charge in [-0.1, -0.05) is 30.1 Å². The third-order valence-electron chi connectivity index (χ3n) is 1.91. The first-order valence-corrected chi connectivity index (χ1v) is 4.76. The lowest BCUT2D eigenvalue weighted by molar-refractivity contribution is 0.454. The molecule has 13 heavy (non-hydrogen) atoms. The fraction of sp³-hybridized carbons (Fsp3) is 0.500. The van der Waals surface area contributed by atoms with Crippen molar-refractivity contribution in [2.45, 2.75) is 26.3 Å². The van der Waals surface area contributed by atoms with Crippen LogP contribution in [-0.4, -0.2) is 9.78 Å². The van der Waals surface area contributed by atoms with Crippen molar-refractivity contribution in [3.05, 3.63) is 26.6 Å². The second-order valence-corrected chi connectivity index (χ2v) is 3.60. The number of nitrogens with zero attached hydrogens (tertiary/aromatic N) is 2. The SMILES string of the molecule is CCC(C)n1ncc(Cl)c(Cl)c1=O. The van der Waals surface area contributed by atoms with Crippen LogP contribution in [0.25, 0.3) is 0 Å². The number of rotatable bonds is 2. The first kappa shape index (κ1) is 10.5. The Morgan fingerprint density at radius 3 is 2.77 bits per heavy atom. The number of halogens is 2. The van der Waals surface area contributed by atoms with Gasteiger partial charge in [0, 0.05) is 0 Å². The van der Waals surface area contributed by atoms with Gasteiger partial charge in [-0.2, -0.15) is 5.10 Å². The highest BCUT2D eigenvalue weighted by Crippen LogP contribution is 2.16. The van der Waals surface area contributed by atoms with Gasteiger partial charge in [-0.05, 0) is 13.3 Å². The Morgan fingerprint density at radius 2 is 2.23 bits per heavy atom. The summed E-state index contributed by atoms with van der Waals surface area (Å²) in [4.78, 5) is 11.5. The summed E-state index contributed by atoms with van der Waals surface area (Å²) >= 11 is 11.3. The van der Waals surface area contributed by atoms with E-state index in [1.807, 2.05) is 13.8 Å². The molecule has 0 spiro atoms. The summed E-state index contributed by atoms with van der Waals surface area (Å²) in [6, 6.07) is 0.0438. The molecule has 5 heteroatoms. The number of aromatic nitrogens is 2. The summed E-state index contributed by atoms with van der Waals surface area (Å²) in [5.74, 6) is 0. The Kier molecular flexibility index (Phi) is 3.33. The van der Waals surface area contributed by atoms with Gasteiger partial charge in [0.25, 0.3) is 5.56 Å². The summed E-state index contributed by atoms with van der Waals surface area (Å²) < 4.78 is 1.34. The van der Waals surface area contributed by atoms with Crippen molar-refractivity contribution >= 4 is 23.2 Å². The van der Waals surface area contributed by atoms with Crippen molar-refractivity contribution < 1.29 is 0 Å². The average molecular weight is 221 g/mol. The van der Waals surface area contributed by atoms with E-state index in [4.69, 9.17) is 23.2 Å². The van der Waals surface area contributed by atoms with Crippen LogP contribution in [-0.2, 0) is 0 Å². The zero-order chi connectivity index (χ0) is 10.0. The van der Waals surface area contributed by atoms with Crippen LogP contribution in [0.4, 0.5) is 0 Å².